The van der Waals surface area contributed by atoms with Gasteiger partial charge in [-0.1, -0.05) is 75.6 Å². The fourth-order valence-corrected chi connectivity index (χ4v) is 4.62. The summed E-state index contributed by atoms with van der Waals surface area (Å²) in [5.41, 5.74) is 7.25. The Morgan fingerprint density at radius 2 is 1.33 bits per heavy atom. The van der Waals surface area contributed by atoms with Crippen molar-refractivity contribution in [2.24, 2.45) is 0 Å². The van der Waals surface area contributed by atoms with Crippen molar-refractivity contribution in [2.45, 2.75) is 27.7 Å². The summed E-state index contributed by atoms with van der Waals surface area (Å²) >= 11 is 20.0. The highest BCUT2D eigenvalue weighted by Crippen LogP contribution is 2.61. The monoisotopic (exact) mass is 764 g/mol. The van der Waals surface area contributed by atoms with Gasteiger partial charge in [-0.15, -0.1) is 0 Å². The Labute approximate surface area is 297 Å². The molecular formula is C31H25Cl4N6O7P. The third kappa shape index (κ3) is 9.78. The molecule has 7 aromatic rings. The van der Waals surface area contributed by atoms with Crippen LogP contribution in [0.25, 0.3) is 44.7 Å². The molecule has 0 bridgehead atoms. The number of halogens is 4. The van der Waals surface area contributed by atoms with Gasteiger partial charge in [0.15, 0.2) is 11.4 Å². The number of fused-ring (bicyclic) bond motifs is 2. The topological polar surface area (TPSA) is 178 Å². The Hall–Kier alpha value is -4.52. The summed E-state index contributed by atoms with van der Waals surface area (Å²) < 4.78 is 25.1. The molecule has 0 atom stereocenters. The number of benzene rings is 2. The Bertz CT molecular complexity index is 2230. The summed E-state index contributed by atoms with van der Waals surface area (Å²) in [7, 11) is 0. The second-order valence-corrected chi connectivity index (χ2v) is 17.0. The SMILES string of the molecule is Cc1noc(C)c1[N+](=O)[O-].Cc1noc2c(Cl)cc(-c3ccccc3)nc12.Cc1noc2ccc(-c3ccccc3)[n+]([O-])c12.O=P(Cl)(Cl)Cl. The minimum atomic E-state index is -3.22. The van der Waals surface area contributed by atoms with Crippen molar-refractivity contribution >= 4 is 78.4 Å². The number of nitro groups is 1. The molecule has 0 fully saturated rings. The zero-order chi connectivity index (χ0) is 35.9. The van der Waals surface area contributed by atoms with E-state index in [2.05, 4.69) is 58.7 Å². The highest BCUT2D eigenvalue weighted by Gasteiger charge is 2.20. The molecule has 0 aliphatic carbocycles. The molecule has 0 unspecified atom stereocenters. The molecule has 0 aliphatic rings. The van der Waals surface area contributed by atoms with Crippen LogP contribution in [0.2, 0.25) is 5.02 Å². The second kappa shape index (κ2) is 16.3. The van der Waals surface area contributed by atoms with Crippen LogP contribution in [0, 0.1) is 43.0 Å². The molecule has 0 saturated heterocycles. The Morgan fingerprint density at radius 3 is 1.86 bits per heavy atom. The highest BCUT2D eigenvalue weighted by molar-refractivity contribution is 8.24. The van der Waals surface area contributed by atoms with Crippen LogP contribution in [0.3, 0.4) is 0 Å². The van der Waals surface area contributed by atoms with Gasteiger partial charge in [-0.05, 0) is 78.8 Å². The highest BCUT2D eigenvalue weighted by atomic mass is 36.0. The van der Waals surface area contributed by atoms with E-state index in [0.29, 0.717) is 38.8 Å². The van der Waals surface area contributed by atoms with E-state index >= 15 is 0 Å². The van der Waals surface area contributed by atoms with Gasteiger partial charge in [0, 0.05) is 24.1 Å². The molecule has 18 heteroatoms. The molecule has 5 aromatic heterocycles. The lowest BCUT2D eigenvalue weighted by Crippen LogP contribution is -2.30. The summed E-state index contributed by atoms with van der Waals surface area (Å²) in [6, 6.07) is 24.7. The van der Waals surface area contributed by atoms with Gasteiger partial charge in [0.25, 0.3) is 5.52 Å². The van der Waals surface area contributed by atoms with E-state index in [-0.39, 0.29) is 11.4 Å². The second-order valence-electron chi connectivity index (χ2n) is 9.99. The maximum atomic E-state index is 12.2. The number of rotatable bonds is 3. The van der Waals surface area contributed by atoms with E-state index in [1.807, 2.05) is 67.6 Å². The lowest BCUT2D eigenvalue weighted by Gasteiger charge is -2.04. The first-order chi connectivity index (χ1) is 23.2. The predicted octanol–water partition coefficient (Wildman–Crippen LogP) is 10.3. The molecule has 254 valence electrons. The van der Waals surface area contributed by atoms with Gasteiger partial charge in [-0.25, -0.2) is 4.98 Å². The molecule has 2 aromatic carbocycles. The third-order valence-electron chi connectivity index (χ3n) is 6.53. The first-order valence-corrected chi connectivity index (χ1v) is 18.7. The molecule has 0 amide bonds. The number of aryl methyl sites for hydroxylation is 4. The van der Waals surface area contributed by atoms with Crippen LogP contribution in [0.1, 0.15) is 22.8 Å². The van der Waals surface area contributed by atoms with Gasteiger partial charge < -0.3 is 18.8 Å². The smallest absolute Gasteiger partial charge is 0.339 e. The maximum Gasteiger partial charge on any atom is 0.339 e. The van der Waals surface area contributed by atoms with Crippen LogP contribution >= 0.6 is 50.5 Å². The molecule has 0 saturated carbocycles. The number of hydrogen-bond acceptors (Lipinski definition) is 11. The summed E-state index contributed by atoms with van der Waals surface area (Å²) in [6.45, 7) is 6.66. The van der Waals surface area contributed by atoms with Crippen LogP contribution in [0.4, 0.5) is 5.69 Å². The van der Waals surface area contributed by atoms with Crippen molar-refractivity contribution in [3.05, 3.63) is 122 Å². The largest absolute Gasteiger partial charge is 0.618 e. The quantitative estimate of drug-likeness (QED) is 0.0549. The molecular weight excluding hydrogens is 741 g/mol. The lowest BCUT2D eigenvalue weighted by atomic mass is 10.1. The van der Waals surface area contributed by atoms with E-state index in [1.165, 1.54) is 13.8 Å². The van der Waals surface area contributed by atoms with E-state index in [4.69, 9.17) is 20.6 Å². The predicted molar refractivity (Wildman–Crippen MR) is 188 cm³/mol. The first kappa shape index (κ1) is 37.3. The minimum absolute atomic E-state index is 0.0278. The number of hydrogen-bond donors (Lipinski definition) is 0. The van der Waals surface area contributed by atoms with Crippen LogP contribution in [-0.4, -0.2) is 25.4 Å². The number of pyridine rings is 2. The van der Waals surface area contributed by atoms with Crippen molar-refractivity contribution in [1.82, 2.24) is 20.5 Å². The fourth-order valence-electron chi connectivity index (χ4n) is 4.39. The van der Waals surface area contributed by atoms with Crippen LogP contribution in [0.5, 0.6) is 0 Å². The summed E-state index contributed by atoms with van der Waals surface area (Å²) in [5, 5.41) is 30.8. The van der Waals surface area contributed by atoms with E-state index in [0.717, 1.165) is 32.8 Å². The summed E-state index contributed by atoms with van der Waals surface area (Å²) in [5.74, 6) is 0.252. The van der Waals surface area contributed by atoms with E-state index < -0.39 is 10.1 Å². The van der Waals surface area contributed by atoms with Crippen molar-refractivity contribution in [3.63, 3.8) is 0 Å². The zero-order valence-corrected chi connectivity index (χ0v) is 29.9. The van der Waals surface area contributed by atoms with Gasteiger partial charge in [0.2, 0.25) is 22.6 Å². The summed E-state index contributed by atoms with van der Waals surface area (Å²) in [4.78, 5) is 14.2. The first-order valence-electron chi connectivity index (χ1n) is 13.9. The summed E-state index contributed by atoms with van der Waals surface area (Å²) in [6.07, 6.45) is 0. The standard InChI is InChI=1S/C13H9ClN2O.C13H10N2O2.C5H6N2O3.Cl3OP/c1-8-12-13(17-16-8)10(14)7-11(15-12)9-5-3-2-4-6-9;1-9-13-12(17-14-9)8-7-11(15(13)16)10-5-3-2-4-6-10;1-3-5(7(8)9)4(2)10-6-3;1-5(2,3)4/h2-7H,1H3;2-8H,1H3;1-2H3;. The van der Waals surface area contributed by atoms with Crippen molar-refractivity contribution in [2.75, 3.05) is 0 Å². The van der Waals surface area contributed by atoms with E-state index in [1.54, 1.807) is 25.1 Å². The minimum Gasteiger partial charge on any atom is -0.618 e. The molecule has 13 nitrogen and oxygen atoms in total. The van der Waals surface area contributed by atoms with E-state index in [9.17, 15) is 19.9 Å². The fraction of sp³-hybridized carbons (Fsp3) is 0.129. The molecule has 0 spiro atoms. The van der Waals surface area contributed by atoms with Gasteiger partial charge in [0.05, 0.1) is 15.6 Å². The molecule has 5 heterocycles. The van der Waals surface area contributed by atoms with Crippen LogP contribution < -0.4 is 4.73 Å². The Balaban J connectivity index is 0.000000160. The van der Waals surface area contributed by atoms with Crippen molar-refractivity contribution in [1.29, 1.82) is 0 Å². The average Bonchev–Trinajstić information content (AvgIpc) is 3.74. The van der Waals surface area contributed by atoms with Gasteiger partial charge in [-0.2, -0.15) is 4.73 Å². The molecule has 0 radical (unpaired) electrons. The third-order valence-corrected chi connectivity index (χ3v) is 6.81. The molecule has 0 N–H and O–H groups in total. The number of aromatic nitrogens is 5. The lowest BCUT2D eigenvalue weighted by molar-refractivity contribution is -0.565. The van der Waals surface area contributed by atoms with Crippen LogP contribution in [0.15, 0.2) is 92.4 Å². The number of nitrogens with zero attached hydrogens (tertiary/aromatic N) is 6. The van der Waals surface area contributed by atoms with Gasteiger partial charge in [-0.3, -0.25) is 14.7 Å². The van der Waals surface area contributed by atoms with Gasteiger partial charge >= 0.3 is 10.9 Å². The Morgan fingerprint density at radius 1 is 0.776 bits per heavy atom. The Kier molecular flexibility index (Phi) is 12.4. The normalized spacial score (nSPS) is 10.8. The van der Waals surface area contributed by atoms with Crippen molar-refractivity contribution in [3.8, 4) is 22.5 Å². The van der Waals surface area contributed by atoms with Gasteiger partial charge in [0.1, 0.15) is 11.2 Å². The average molecular weight is 766 g/mol. The zero-order valence-electron chi connectivity index (χ0n) is 26.0. The molecule has 0 aliphatic heterocycles. The molecule has 7 rings (SSSR count). The molecule has 49 heavy (non-hydrogen) atoms. The van der Waals surface area contributed by atoms with Crippen LogP contribution in [-0.2, 0) is 4.57 Å². The van der Waals surface area contributed by atoms with Crippen molar-refractivity contribution < 1.29 is 27.8 Å². The maximum absolute atomic E-state index is 12.2.